The van der Waals surface area contributed by atoms with Gasteiger partial charge in [0.25, 0.3) is 5.69 Å². The van der Waals surface area contributed by atoms with Gasteiger partial charge in [0.05, 0.1) is 11.0 Å². The van der Waals surface area contributed by atoms with Gasteiger partial charge in [-0.05, 0) is 18.4 Å². The molecule has 0 aliphatic carbocycles. The van der Waals surface area contributed by atoms with Gasteiger partial charge in [-0.15, -0.1) is 0 Å². The van der Waals surface area contributed by atoms with E-state index in [9.17, 15) is 15.2 Å². The van der Waals surface area contributed by atoms with Crippen LogP contribution in [0, 0.1) is 16.0 Å². The van der Waals surface area contributed by atoms with Crippen molar-refractivity contribution in [2.24, 2.45) is 5.92 Å². The summed E-state index contributed by atoms with van der Waals surface area (Å²) in [6.45, 7) is 4.45. The SMILES string of the molecule is CNc1cc(NCC(O)CC(C)C)cc([N+](=O)[O-])c1. The number of nitro benzene ring substituents is 1. The molecule has 1 unspecified atom stereocenters. The van der Waals surface area contributed by atoms with Gasteiger partial charge in [0, 0.05) is 37.1 Å². The smallest absolute Gasteiger partial charge is 0.273 e. The number of anilines is 2. The minimum atomic E-state index is -0.461. The molecule has 0 aliphatic rings. The van der Waals surface area contributed by atoms with Crippen molar-refractivity contribution in [2.45, 2.75) is 26.4 Å². The maximum atomic E-state index is 10.8. The molecular formula is C13H21N3O3. The van der Waals surface area contributed by atoms with E-state index in [1.807, 2.05) is 13.8 Å². The number of aliphatic hydroxyl groups excluding tert-OH is 1. The highest BCUT2D eigenvalue weighted by Crippen LogP contribution is 2.24. The molecule has 1 aromatic carbocycles. The molecule has 0 amide bonds. The standard InChI is InChI=1S/C13H21N3O3/c1-9(2)4-13(17)8-15-11-5-10(14-3)6-12(7-11)16(18)19/h5-7,9,13-15,17H,4,8H2,1-3H3. The van der Waals surface area contributed by atoms with Crippen molar-refractivity contribution < 1.29 is 10.0 Å². The summed E-state index contributed by atoms with van der Waals surface area (Å²) in [5, 5.41) is 26.5. The Labute approximate surface area is 113 Å². The first-order chi connectivity index (χ1) is 8.92. The van der Waals surface area contributed by atoms with E-state index in [2.05, 4.69) is 10.6 Å². The van der Waals surface area contributed by atoms with Crippen molar-refractivity contribution in [3.8, 4) is 0 Å². The Balaban J connectivity index is 2.72. The maximum Gasteiger partial charge on any atom is 0.273 e. The molecule has 0 saturated heterocycles. The van der Waals surface area contributed by atoms with Crippen LogP contribution in [0.4, 0.5) is 17.1 Å². The second-order valence-corrected chi connectivity index (χ2v) is 4.94. The van der Waals surface area contributed by atoms with Crippen LogP contribution < -0.4 is 10.6 Å². The molecule has 0 spiro atoms. The Bertz CT molecular complexity index is 435. The average Bonchev–Trinajstić information content (AvgIpc) is 2.35. The Morgan fingerprint density at radius 2 is 1.95 bits per heavy atom. The zero-order chi connectivity index (χ0) is 14.4. The molecule has 3 N–H and O–H groups in total. The Morgan fingerprint density at radius 1 is 1.32 bits per heavy atom. The lowest BCUT2D eigenvalue weighted by molar-refractivity contribution is -0.384. The van der Waals surface area contributed by atoms with Gasteiger partial charge in [-0.3, -0.25) is 10.1 Å². The number of rotatable bonds is 7. The highest BCUT2D eigenvalue weighted by Gasteiger charge is 2.11. The van der Waals surface area contributed by atoms with Crippen molar-refractivity contribution in [3.63, 3.8) is 0 Å². The summed E-state index contributed by atoms with van der Waals surface area (Å²) in [5.74, 6) is 0.412. The highest BCUT2D eigenvalue weighted by atomic mass is 16.6. The van der Waals surface area contributed by atoms with Crippen LogP contribution in [0.5, 0.6) is 0 Å². The second kappa shape index (κ2) is 6.94. The lowest BCUT2D eigenvalue weighted by Gasteiger charge is -2.15. The predicted octanol–water partition coefficient (Wildman–Crippen LogP) is 2.46. The van der Waals surface area contributed by atoms with Gasteiger partial charge in [-0.2, -0.15) is 0 Å². The van der Waals surface area contributed by atoms with Crippen LogP contribution in [0.2, 0.25) is 0 Å². The van der Waals surface area contributed by atoms with Gasteiger partial charge >= 0.3 is 0 Å². The lowest BCUT2D eigenvalue weighted by atomic mass is 10.1. The first-order valence-corrected chi connectivity index (χ1v) is 6.31. The average molecular weight is 267 g/mol. The molecule has 1 aromatic rings. The third-order valence-corrected chi connectivity index (χ3v) is 2.70. The number of aliphatic hydroxyl groups is 1. The number of hydrogen-bond donors (Lipinski definition) is 3. The van der Waals surface area contributed by atoms with Crippen LogP contribution in [-0.4, -0.2) is 29.7 Å². The van der Waals surface area contributed by atoms with Crippen LogP contribution in [-0.2, 0) is 0 Å². The van der Waals surface area contributed by atoms with Crippen LogP contribution in [0.25, 0.3) is 0 Å². The maximum absolute atomic E-state index is 10.8. The van der Waals surface area contributed by atoms with E-state index in [1.54, 1.807) is 13.1 Å². The van der Waals surface area contributed by atoms with Gasteiger partial charge in [-0.25, -0.2) is 0 Å². The summed E-state index contributed by atoms with van der Waals surface area (Å²) in [4.78, 5) is 10.4. The summed E-state index contributed by atoms with van der Waals surface area (Å²) >= 11 is 0. The van der Waals surface area contributed by atoms with Gasteiger partial charge in [0.1, 0.15) is 0 Å². The fourth-order valence-corrected chi connectivity index (χ4v) is 1.83. The third kappa shape index (κ3) is 5.13. The van der Waals surface area contributed by atoms with Crippen molar-refractivity contribution in [1.29, 1.82) is 0 Å². The first kappa shape index (κ1) is 15.2. The normalized spacial score (nSPS) is 12.3. The molecule has 106 valence electrons. The number of nitro groups is 1. The van der Waals surface area contributed by atoms with Crippen molar-refractivity contribution in [2.75, 3.05) is 24.2 Å². The monoisotopic (exact) mass is 267 g/mol. The molecule has 19 heavy (non-hydrogen) atoms. The molecule has 0 saturated carbocycles. The number of hydrogen-bond acceptors (Lipinski definition) is 5. The summed E-state index contributed by atoms with van der Waals surface area (Å²) in [5.41, 5.74) is 1.31. The van der Waals surface area contributed by atoms with Crippen molar-refractivity contribution >= 4 is 17.1 Å². The molecule has 0 aromatic heterocycles. The quantitative estimate of drug-likeness (QED) is 0.521. The molecule has 6 nitrogen and oxygen atoms in total. The molecule has 1 rings (SSSR count). The molecule has 0 aliphatic heterocycles. The minimum Gasteiger partial charge on any atom is -0.391 e. The van der Waals surface area contributed by atoms with Gasteiger partial charge in [-0.1, -0.05) is 13.8 Å². The van der Waals surface area contributed by atoms with E-state index >= 15 is 0 Å². The predicted molar refractivity (Wildman–Crippen MR) is 76.6 cm³/mol. The van der Waals surface area contributed by atoms with E-state index in [0.717, 1.165) is 0 Å². The minimum absolute atomic E-state index is 0.0210. The van der Waals surface area contributed by atoms with E-state index in [-0.39, 0.29) is 5.69 Å². The topological polar surface area (TPSA) is 87.4 Å². The van der Waals surface area contributed by atoms with Crippen molar-refractivity contribution in [1.82, 2.24) is 0 Å². The van der Waals surface area contributed by atoms with Gasteiger partial charge in [0.2, 0.25) is 0 Å². The zero-order valence-corrected chi connectivity index (χ0v) is 11.5. The van der Waals surface area contributed by atoms with E-state index in [0.29, 0.717) is 30.3 Å². The first-order valence-electron chi connectivity index (χ1n) is 6.31. The van der Waals surface area contributed by atoms with Crippen molar-refractivity contribution in [3.05, 3.63) is 28.3 Å². The van der Waals surface area contributed by atoms with E-state index in [1.165, 1.54) is 12.1 Å². The number of non-ortho nitro benzene ring substituents is 1. The third-order valence-electron chi connectivity index (χ3n) is 2.70. The largest absolute Gasteiger partial charge is 0.391 e. The lowest BCUT2D eigenvalue weighted by Crippen LogP contribution is -2.21. The fraction of sp³-hybridized carbons (Fsp3) is 0.538. The second-order valence-electron chi connectivity index (χ2n) is 4.94. The highest BCUT2D eigenvalue weighted by molar-refractivity contribution is 5.63. The summed E-state index contributed by atoms with van der Waals surface area (Å²) in [6.07, 6.45) is 0.234. The summed E-state index contributed by atoms with van der Waals surface area (Å²) < 4.78 is 0. The molecular weight excluding hydrogens is 246 g/mol. The molecule has 0 radical (unpaired) electrons. The molecule has 1 atom stereocenters. The number of benzene rings is 1. The Morgan fingerprint density at radius 3 is 2.47 bits per heavy atom. The van der Waals surface area contributed by atoms with Gasteiger partial charge in [0.15, 0.2) is 0 Å². The van der Waals surface area contributed by atoms with Crippen LogP contribution in [0.1, 0.15) is 20.3 Å². The molecule has 0 fully saturated rings. The fourth-order valence-electron chi connectivity index (χ4n) is 1.83. The molecule has 6 heteroatoms. The van der Waals surface area contributed by atoms with E-state index in [4.69, 9.17) is 0 Å². The molecule has 0 bridgehead atoms. The Hall–Kier alpha value is -1.82. The zero-order valence-electron chi connectivity index (χ0n) is 11.5. The van der Waals surface area contributed by atoms with Crippen LogP contribution in [0.15, 0.2) is 18.2 Å². The van der Waals surface area contributed by atoms with Crippen LogP contribution in [0.3, 0.4) is 0 Å². The Kier molecular flexibility index (Phi) is 5.57. The number of nitrogens with one attached hydrogen (secondary N) is 2. The van der Waals surface area contributed by atoms with Gasteiger partial charge < -0.3 is 15.7 Å². The van der Waals surface area contributed by atoms with Crippen LogP contribution >= 0.6 is 0 Å². The van der Waals surface area contributed by atoms with E-state index < -0.39 is 11.0 Å². The summed E-state index contributed by atoms with van der Waals surface area (Å²) in [7, 11) is 1.70. The molecule has 0 heterocycles. The summed E-state index contributed by atoms with van der Waals surface area (Å²) in [6, 6.07) is 4.70. The number of nitrogens with zero attached hydrogens (tertiary/aromatic N) is 1.